The lowest BCUT2D eigenvalue weighted by atomic mass is 9.94. The number of likely N-dealkylation sites (tertiary alicyclic amines) is 1. The van der Waals surface area contributed by atoms with Gasteiger partial charge in [0.1, 0.15) is 0 Å². The second-order valence-corrected chi connectivity index (χ2v) is 11.0. The van der Waals surface area contributed by atoms with Crippen LogP contribution in [0.4, 0.5) is 0 Å². The van der Waals surface area contributed by atoms with Crippen molar-refractivity contribution in [2.24, 2.45) is 17.8 Å². The van der Waals surface area contributed by atoms with E-state index in [2.05, 4.69) is 11.6 Å². The third-order valence-corrected chi connectivity index (χ3v) is 7.76. The maximum Gasteiger partial charge on any atom is 0.255 e. The first-order valence-corrected chi connectivity index (χ1v) is 12.8. The number of rotatable bonds is 7. The molecule has 158 valence electrons. The number of sulfonamides is 1. The highest BCUT2D eigenvalue weighted by atomic mass is 32.2. The second-order valence-electron chi connectivity index (χ2n) is 8.47. The first-order chi connectivity index (χ1) is 13.1. The van der Waals surface area contributed by atoms with Gasteiger partial charge in [-0.15, -0.1) is 11.8 Å². The van der Waals surface area contributed by atoms with Gasteiger partial charge in [0.15, 0.2) is 0 Å². The van der Waals surface area contributed by atoms with E-state index >= 15 is 0 Å². The van der Waals surface area contributed by atoms with Gasteiger partial charge < -0.3 is 4.90 Å². The van der Waals surface area contributed by atoms with Crippen molar-refractivity contribution < 1.29 is 13.2 Å². The molecule has 0 bridgehead atoms. The number of amides is 1. The predicted molar refractivity (Wildman–Crippen MR) is 116 cm³/mol. The Labute approximate surface area is 174 Å². The Morgan fingerprint density at radius 2 is 1.71 bits per heavy atom. The zero-order valence-electron chi connectivity index (χ0n) is 17.9. The zero-order valence-corrected chi connectivity index (χ0v) is 19.5. The summed E-state index contributed by atoms with van der Waals surface area (Å²) in [6.45, 7) is 11.7. The van der Waals surface area contributed by atoms with Gasteiger partial charge in [0.2, 0.25) is 10.0 Å². The predicted octanol–water partition coefficient (Wildman–Crippen LogP) is 4.24. The Morgan fingerprint density at radius 3 is 2.21 bits per heavy atom. The third kappa shape index (κ3) is 5.51. The minimum atomic E-state index is -3.70. The van der Waals surface area contributed by atoms with Crippen molar-refractivity contribution >= 4 is 27.7 Å². The summed E-state index contributed by atoms with van der Waals surface area (Å²) in [5.74, 6) is 0.912. The lowest BCUT2D eigenvalue weighted by molar-refractivity contribution is 0.0693. The molecule has 1 heterocycles. The number of thioether (sulfide) groups is 1. The first-order valence-electron chi connectivity index (χ1n) is 10.1. The Balaban J connectivity index is 2.34. The molecule has 0 aliphatic carbocycles. The summed E-state index contributed by atoms with van der Waals surface area (Å²) in [6.07, 6.45) is 3.89. The van der Waals surface area contributed by atoms with Crippen molar-refractivity contribution in [1.29, 1.82) is 0 Å². The van der Waals surface area contributed by atoms with E-state index < -0.39 is 10.0 Å². The van der Waals surface area contributed by atoms with Gasteiger partial charge in [0.25, 0.3) is 5.91 Å². The molecule has 0 atom stereocenters. The van der Waals surface area contributed by atoms with Crippen molar-refractivity contribution in [3.63, 3.8) is 0 Å². The van der Waals surface area contributed by atoms with Crippen LogP contribution in [0.25, 0.3) is 0 Å². The third-order valence-electron chi connectivity index (χ3n) is 5.51. The summed E-state index contributed by atoms with van der Waals surface area (Å²) < 4.78 is 28.8. The molecule has 0 unspecified atom stereocenters. The average Bonchev–Trinajstić information content (AvgIpc) is 2.65. The first kappa shape index (κ1) is 23.2. The van der Waals surface area contributed by atoms with Gasteiger partial charge in [0, 0.05) is 24.0 Å². The highest BCUT2D eigenvalue weighted by Crippen LogP contribution is 2.27. The second kappa shape index (κ2) is 9.63. The molecule has 1 aromatic rings. The van der Waals surface area contributed by atoms with Crippen LogP contribution in [0.5, 0.6) is 0 Å². The summed E-state index contributed by atoms with van der Waals surface area (Å²) >= 11 is 1.47. The zero-order chi connectivity index (χ0) is 21.1. The molecule has 1 aliphatic rings. The SMILES string of the molecule is CSc1ccc(S(=O)(=O)NC(C(C)C)C(C)C)cc1C(=O)N1CCC(C)CC1. The Hall–Kier alpha value is -1.05. The van der Waals surface area contributed by atoms with E-state index in [9.17, 15) is 13.2 Å². The molecule has 1 saturated heterocycles. The average molecular weight is 427 g/mol. The van der Waals surface area contributed by atoms with Crippen molar-refractivity contribution in [3.8, 4) is 0 Å². The molecule has 0 aromatic heterocycles. The topological polar surface area (TPSA) is 66.5 Å². The molecule has 1 N–H and O–H groups in total. The summed E-state index contributed by atoms with van der Waals surface area (Å²) in [7, 11) is -3.70. The minimum Gasteiger partial charge on any atom is -0.339 e. The van der Waals surface area contributed by atoms with E-state index in [1.807, 2.05) is 38.9 Å². The number of nitrogens with one attached hydrogen (secondary N) is 1. The molecule has 7 heteroatoms. The molecule has 5 nitrogen and oxygen atoms in total. The van der Waals surface area contributed by atoms with Gasteiger partial charge in [-0.1, -0.05) is 34.6 Å². The summed E-state index contributed by atoms with van der Waals surface area (Å²) in [5.41, 5.74) is 0.482. The molecular weight excluding hydrogens is 392 g/mol. The number of hydrogen-bond donors (Lipinski definition) is 1. The van der Waals surface area contributed by atoms with E-state index in [0.717, 1.165) is 30.8 Å². The number of benzene rings is 1. The number of carbonyl (C=O) groups excluding carboxylic acids is 1. The molecule has 0 radical (unpaired) electrons. The standard InChI is InChI=1S/C21H34N2O3S2/c1-14(2)20(15(3)4)22-28(25,26)17-7-8-19(27-6)18(13-17)21(24)23-11-9-16(5)10-12-23/h7-8,13-16,20,22H,9-12H2,1-6H3. The van der Waals surface area contributed by atoms with E-state index in [-0.39, 0.29) is 28.7 Å². The number of carbonyl (C=O) groups is 1. The lowest BCUT2D eigenvalue weighted by Crippen LogP contribution is -2.42. The van der Waals surface area contributed by atoms with Crippen LogP contribution in [0.3, 0.4) is 0 Å². The van der Waals surface area contributed by atoms with Crippen molar-refractivity contribution in [2.75, 3.05) is 19.3 Å². The van der Waals surface area contributed by atoms with Crippen molar-refractivity contribution in [2.45, 2.75) is 63.3 Å². The fourth-order valence-corrected chi connectivity index (χ4v) is 5.82. The molecule has 2 rings (SSSR count). The normalized spacial score (nSPS) is 16.4. The lowest BCUT2D eigenvalue weighted by Gasteiger charge is -2.31. The van der Waals surface area contributed by atoms with Gasteiger partial charge in [-0.25, -0.2) is 13.1 Å². The molecule has 0 saturated carbocycles. The highest BCUT2D eigenvalue weighted by Gasteiger charge is 2.28. The van der Waals surface area contributed by atoms with E-state index in [4.69, 9.17) is 0 Å². The van der Waals surface area contributed by atoms with E-state index in [1.165, 1.54) is 11.8 Å². The number of hydrogen-bond acceptors (Lipinski definition) is 4. The van der Waals surface area contributed by atoms with Crippen LogP contribution in [0.15, 0.2) is 28.0 Å². The van der Waals surface area contributed by atoms with Crippen LogP contribution in [0.1, 0.15) is 57.8 Å². The molecule has 1 fully saturated rings. The summed E-state index contributed by atoms with van der Waals surface area (Å²) in [5, 5.41) is 0. The van der Waals surface area contributed by atoms with Crippen LogP contribution >= 0.6 is 11.8 Å². The summed E-state index contributed by atoms with van der Waals surface area (Å²) in [4.78, 5) is 15.9. The fraction of sp³-hybridized carbons (Fsp3) is 0.667. The molecule has 1 aliphatic heterocycles. The van der Waals surface area contributed by atoms with Crippen molar-refractivity contribution in [3.05, 3.63) is 23.8 Å². The Morgan fingerprint density at radius 1 is 1.14 bits per heavy atom. The van der Waals surface area contributed by atoms with Crippen LogP contribution < -0.4 is 4.72 Å². The number of piperidine rings is 1. The van der Waals surface area contributed by atoms with E-state index in [0.29, 0.717) is 11.5 Å². The number of nitrogens with zero attached hydrogens (tertiary/aromatic N) is 1. The minimum absolute atomic E-state index is 0.0717. The van der Waals surface area contributed by atoms with Crippen molar-refractivity contribution in [1.82, 2.24) is 9.62 Å². The maximum absolute atomic E-state index is 13.1. The van der Waals surface area contributed by atoms with Gasteiger partial charge in [-0.2, -0.15) is 0 Å². The smallest absolute Gasteiger partial charge is 0.255 e. The summed E-state index contributed by atoms with van der Waals surface area (Å²) in [6, 6.07) is 4.74. The quantitative estimate of drug-likeness (QED) is 0.662. The molecule has 28 heavy (non-hydrogen) atoms. The van der Waals surface area contributed by atoms with Gasteiger partial charge in [-0.3, -0.25) is 4.79 Å². The van der Waals surface area contributed by atoms with Gasteiger partial charge in [-0.05, 0) is 55.1 Å². The van der Waals surface area contributed by atoms with Crippen LogP contribution in [0.2, 0.25) is 0 Å². The fourth-order valence-electron chi connectivity index (χ4n) is 3.69. The molecular formula is C21H34N2O3S2. The Bertz CT molecular complexity index is 775. The Kier molecular flexibility index (Phi) is 7.99. The largest absolute Gasteiger partial charge is 0.339 e. The monoisotopic (exact) mass is 426 g/mol. The van der Waals surface area contributed by atoms with E-state index in [1.54, 1.807) is 18.2 Å². The van der Waals surface area contributed by atoms with Crippen LogP contribution in [0, 0.1) is 17.8 Å². The van der Waals surface area contributed by atoms with Crippen LogP contribution in [-0.4, -0.2) is 44.6 Å². The van der Waals surface area contributed by atoms with Crippen LogP contribution in [-0.2, 0) is 10.0 Å². The highest BCUT2D eigenvalue weighted by molar-refractivity contribution is 7.98. The maximum atomic E-state index is 13.1. The molecule has 0 spiro atoms. The molecule has 1 amide bonds. The molecule has 1 aromatic carbocycles. The van der Waals surface area contributed by atoms with Gasteiger partial charge >= 0.3 is 0 Å². The van der Waals surface area contributed by atoms with Gasteiger partial charge in [0.05, 0.1) is 10.5 Å².